The first kappa shape index (κ1) is 24.1. The molecule has 1 saturated heterocycles. The number of carbonyl (C=O) groups excluding carboxylic acids is 1. The second-order valence-electron chi connectivity index (χ2n) is 6.84. The molecule has 0 saturated carbocycles. The Kier molecular flexibility index (Phi) is 10.1. The number of nitrogens with two attached hydrogens (primary N) is 1. The van der Waals surface area contributed by atoms with Gasteiger partial charge in [0, 0.05) is 31.4 Å². The summed E-state index contributed by atoms with van der Waals surface area (Å²) < 4.78 is 5.30. The van der Waals surface area contributed by atoms with E-state index in [9.17, 15) is 4.79 Å². The average molecular weight is 426 g/mol. The third kappa shape index (κ3) is 6.59. The molecule has 0 aromatic heterocycles. The van der Waals surface area contributed by atoms with Crippen LogP contribution in [0.3, 0.4) is 0 Å². The van der Waals surface area contributed by atoms with Crippen molar-refractivity contribution in [1.82, 2.24) is 5.32 Å². The monoisotopic (exact) mass is 425 g/mol. The number of amides is 1. The van der Waals surface area contributed by atoms with Crippen molar-refractivity contribution in [1.29, 1.82) is 0 Å². The van der Waals surface area contributed by atoms with Gasteiger partial charge < -0.3 is 20.7 Å². The average Bonchev–Trinajstić information content (AvgIpc) is 3.16. The van der Waals surface area contributed by atoms with Gasteiger partial charge in [0.2, 0.25) is 5.91 Å². The van der Waals surface area contributed by atoms with Crippen LogP contribution in [0.4, 0.5) is 5.69 Å². The number of anilines is 1. The summed E-state index contributed by atoms with van der Waals surface area (Å²) in [6.07, 6.45) is 1.62. The minimum atomic E-state index is -0.506. The van der Waals surface area contributed by atoms with E-state index >= 15 is 0 Å². The lowest BCUT2D eigenvalue weighted by molar-refractivity contribution is -0.122. The first-order valence-corrected chi connectivity index (χ1v) is 9.12. The predicted molar refractivity (Wildman–Crippen MR) is 119 cm³/mol. The van der Waals surface area contributed by atoms with Gasteiger partial charge in [-0.3, -0.25) is 4.79 Å². The van der Waals surface area contributed by atoms with Gasteiger partial charge in [-0.05, 0) is 36.5 Å². The first-order valence-electron chi connectivity index (χ1n) is 9.12. The topological polar surface area (TPSA) is 67.6 Å². The molecule has 1 aliphatic rings. The number of rotatable bonds is 7. The van der Waals surface area contributed by atoms with Gasteiger partial charge in [0.1, 0.15) is 5.75 Å². The first-order chi connectivity index (χ1) is 12.7. The molecule has 2 unspecified atom stereocenters. The second-order valence-corrected chi connectivity index (χ2v) is 6.84. The number of ether oxygens (including phenoxy) is 1. The molecule has 0 bridgehead atoms. The summed E-state index contributed by atoms with van der Waals surface area (Å²) >= 11 is 0. The number of carbonyl (C=O) groups is 1. The van der Waals surface area contributed by atoms with Crippen LogP contribution in [-0.4, -0.2) is 38.7 Å². The van der Waals surface area contributed by atoms with E-state index in [1.165, 1.54) is 5.69 Å². The Morgan fingerprint density at radius 2 is 1.96 bits per heavy atom. The van der Waals surface area contributed by atoms with E-state index in [1.54, 1.807) is 7.11 Å². The van der Waals surface area contributed by atoms with Crippen molar-refractivity contribution in [2.75, 3.05) is 31.6 Å². The lowest BCUT2D eigenvalue weighted by Crippen LogP contribution is -2.44. The molecule has 2 aromatic rings. The summed E-state index contributed by atoms with van der Waals surface area (Å²) in [5.74, 6) is 1.23. The zero-order valence-electron chi connectivity index (χ0n) is 16.0. The van der Waals surface area contributed by atoms with Crippen LogP contribution in [0.15, 0.2) is 54.6 Å². The highest BCUT2D eigenvalue weighted by molar-refractivity contribution is 5.85. The predicted octanol–water partition coefficient (Wildman–Crippen LogP) is 3.05. The Labute approximate surface area is 179 Å². The van der Waals surface area contributed by atoms with Crippen LogP contribution in [0.25, 0.3) is 0 Å². The molecule has 0 radical (unpaired) electrons. The maximum atomic E-state index is 12.3. The molecule has 3 N–H and O–H groups in total. The van der Waals surface area contributed by atoms with E-state index in [4.69, 9.17) is 10.5 Å². The van der Waals surface area contributed by atoms with E-state index in [1.807, 2.05) is 42.5 Å². The van der Waals surface area contributed by atoms with Crippen molar-refractivity contribution in [3.05, 3.63) is 60.2 Å². The van der Waals surface area contributed by atoms with Crippen LogP contribution in [0.1, 0.15) is 12.0 Å². The van der Waals surface area contributed by atoms with E-state index in [2.05, 4.69) is 22.3 Å². The minimum Gasteiger partial charge on any atom is -0.497 e. The molecule has 5 nitrogen and oxygen atoms in total. The molecule has 1 fully saturated rings. The number of hydrogen-bond donors (Lipinski definition) is 2. The van der Waals surface area contributed by atoms with E-state index in [0.29, 0.717) is 18.9 Å². The fourth-order valence-electron chi connectivity index (χ4n) is 3.38. The summed E-state index contributed by atoms with van der Waals surface area (Å²) in [5, 5.41) is 3.02. The number of halogens is 2. The molecule has 2 aromatic carbocycles. The minimum absolute atomic E-state index is 0. The fourth-order valence-corrected chi connectivity index (χ4v) is 3.38. The Hall–Kier alpha value is -1.95. The third-order valence-corrected chi connectivity index (χ3v) is 4.90. The van der Waals surface area contributed by atoms with Gasteiger partial charge in [0.15, 0.2) is 0 Å². The lowest BCUT2D eigenvalue weighted by atomic mass is 10.1. The van der Waals surface area contributed by atoms with Gasteiger partial charge in [-0.2, -0.15) is 0 Å². The summed E-state index contributed by atoms with van der Waals surface area (Å²) in [6.45, 7) is 2.59. The van der Waals surface area contributed by atoms with Gasteiger partial charge in [-0.1, -0.05) is 36.4 Å². The molecule has 28 heavy (non-hydrogen) atoms. The van der Waals surface area contributed by atoms with Crippen LogP contribution >= 0.6 is 24.8 Å². The summed E-state index contributed by atoms with van der Waals surface area (Å²) in [5.41, 5.74) is 8.30. The van der Waals surface area contributed by atoms with Gasteiger partial charge in [0.05, 0.1) is 13.2 Å². The Morgan fingerprint density at radius 1 is 1.21 bits per heavy atom. The van der Waals surface area contributed by atoms with Crippen LogP contribution in [0.2, 0.25) is 0 Å². The molecule has 0 spiro atoms. The molecule has 2 atom stereocenters. The van der Waals surface area contributed by atoms with Crippen LogP contribution in [0, 0.1) is 5.92 Å². The molecule has 7 heteroatoms. The standard InChI is InChI=1S/C21H27N3O2.2ClH/c1-26-19-9-5-8-18(13-19)24-11-10-17(15-24)14-23-21(25)20(22)12-16-6-3-2-4-7-16;;/h2-9,13,17,20H,10-12,14-15,22H2,1H3,(H,23,25);2*1H. The molecular formula is C21H29Cl2N3O2. The maximum Gasteiger partial charge on any atom is 0.237 e. The number of methoxy groups -OCH3 is 1. The van der Waals surface area contributed by atoms with E-state index in [0.717, 1.165) is 30.8 Å². The van der Waals surface area contributed by atoms with Crippen molar-refractivity contribution < 1.29 is 9.53 Å². The second kappa shape index (κ2) is 11.8. The van der Waals surface area contributed by atoms with Gasteiger partial charge in [0.25, 0.3) is 0 Å². The highest BCUT2D eigenvalue weighted by atomic mass is 35.5. The maximum absolute atomic E-state index is 12.3. The number of hydrogen-bond acceptors (Lipinski definition) is 4. The highest BCUT2D eigenvalue weighted by Crippen LogP contribution is 2.26. The molecule has 3 rings (SSSR count). The van der Waals surface area contributed by atoms with Gasteiger partial charge in [-0.25, -0.2) is 0 Å². The molecule has 1 amide bonds. The molecular weight excluding hydrogens is 397 g/mol. The van der Waals surface area contributed by atoms with Crippen molar-refractivity contribution in [3.63, 3.8) is 0 Å². The largest absolute Gasteiger partial charge is 0.497 e. The van der Waals surface area contributed by atoms with Crippen molar-refractivity contribution in [2.45, 2.75) is 18.9 Å². The van der Waals surface area contributed by atoms with Gasteiger partial charge in [-0.15, -0.1) is 24.8 Å². The molecule has 154 valence electrons. The molecule has 1 heterocycles. The van der Waals surface area contributed by atoms with Gasteiger partial charge >= 0.3 is 0 Å². The zero-order chi connectivity index (χ0) is 18.4. The number of nitrogens with one attached hydrogen (secondary N) is 1. The molecule has 1 aliphatic heterocycles. The summed E-state index contributed by atoms with van der Waals surface area (Å²) in [6, 6.07) is 17.5. The SMILES string of the molecule is COc1cccc(N2CCC(CNC(=O)C(N)Cc3ccccc3)C2)c1.Cl.Cl. The van der Waals surface area contributed by atoms with E-state index in [-0.39, 0.29) is 30.7 Å². The van der Waals surface area contributed by atoms with Crippen LogP contribution in [0.5, 0.6) is 5.75 Å². The third-order valence-electron chi connectivity index (χ3n) is 4.90. The molecule has 0 aliphatic carbocycles. The van der Waals surface area contributed by atoms with Crippen LogP contribution in [-0.2, 0) is 11.2 Å². The Balaban J connectivity index is 0.00000196. The van der Waals surface area contributed by atoms with Crippen molar-refractivity contribution >= 4 is 36.4 Å². The zero-order valence-corrected chi connectivity index (χ0v) is 17.7. The quantitative estimate of drug-likeness (QED) is 0.714. The number of benzene rings is 2. The lowest BCUT2D eigenvalue weighted by Gasteiger charge is -2.20. The highest BCUT2D eigenvalue weighted by Gasteiger charge is 2.24. The Morgan fingerprint density at radius 3 is 2.68 bits per heavy atom. The fraction of sp³-hybridized carbons (Fsp3) is 0.381. The van der Waals surface area contributed by atoms with Crippen molar-refractivity contribution in [3.8, 4) is 5.75 Å². The summed E-state index contributed by atoms with van der Waals surface area (Å²) in [4.78, 5) is 14.6. The number of nitrogens with zero attached hydrogens (tertiary/aromatic N) is 1. The van der Waals surface area contributed by atoms with Crippen LogP contribution < -0.4 is 20.7 Å². The van der Waals surface area contributed by atoms with E-state index < -0.39 is 6.04 Å². The smallest absolute Gasteiger partial charge is 0.237 e. The summed E-state index contributed by atoms with van der Waals surface area (Å²) in [7, 11) is 1.68. The van der Waals surface area contributed by atoms with Crippen molar-refractivity contribution in [2.24, 2.45) is 11.7 Å². The Bertz CT molecular complexity index is 731. The normalized spacial score (nSPS) is 16.5.